The van der Waals surface area contributed by atoms with E-state index in [0.29, 0.717) is 6.61 Å². The summed E-state index contributed by atoms with van der Waals surface area (Å²) in [6.45, 7) is 8.61. The maximum atomic E-state index is 10.6. The van der Waals surface area contributed by atoms with Crippen LogP contribution in [0.4, 0.5) is 0 Å². The number of aryl methyl sites for hydroxylation is 2. The number of ether oxygens (including phenoxy) is 1. The number of carboxylic acid groups (broad SMARTS) is 1. The van der Waals surface area contributed by atoms with Crippen molar-refractivity contribution in [3.63, 3.8) is 0 Å². The standard InChI is InChI=1S/C17H24O3/c1-5-6-15-10-13(3)14(4)11-16(15)20-8-7-12(2)9-17(18)19/h5-6,10-12H,7-9H2,1-4H3,(H,18,19)/b6-5+. The maximum absolute atomic E-state index is 10.6. The molecule has 0 aromatic heterocycles. The van der Waals surface area contributed by atoms with E-state index in [1.165, 1.54) is 11.1 Å². The van der Waals surface area contributed by atoms with Crippen LogP contribution in [0.5, 0.6) is 5.75 Å². The van der Waals surface area contributed by atoms with Crippen molar-refractivity contribution < 1.29 is 14.6 Å². The van der Waals surface area contributed by atoms with Crippen LogP contribution in [0.25, 0.3) is 6.08 Å². The van der Waals surface area contributed by atoms with Crippen molar-refractivity contribution in [3.8, 4) is 5.75 Å². The van der Waals surface area contributed by atoms with E-state index in [1.54, 1.807) is 0 Å². The Hall–Kier alpha value is -1.77. The Morgan fingerprint density at radius 1 is 1.35 bits per heavy atom. The summed E-state index contributed by atoms with van der Waals surface area (Å²) >= 11 is 0. The monoisotopic (exact) mass is 276 g/mol. The predicted octanol–water partition coefficient (Wildman–Crippen LogP) is 4.22. The van der Waals surface area contributed by atoms with Crippen molar-refractivity contribution in [2.75, 3.05) is 6.61 Å². The highest BCUT2D eigenvalue weighted by atomic mass is 16.5. The summed E-state index contributed by atoms with van der Waals surface area (Å²) in [6, 6.07) is 4.16. The first kappa shape index (κ1) is 16.3. The second kappa shape index (κ2) is 7.73. The van der Waals surface area contributed by atoms with Crippen LogP contribution in [0.2, 0.25) is 0 Å². The number of hydrogen-bond donors (Lipinski definition) is 1. The van der Waals surface area contributed by atoms with Gasteiger partial charge in [-0.15, -0.1) is 0 Å². The first-order chi connectivity index (χ1) is 9.43. The van der Waals surface area contributed by atoms with Gasteiger partial charge >= 0.3 is 5.97 Å². The minimum atomic E-state index is -0.752. The predicted molar refractivity (Wildman–Crippen MR) is 82.2 cm³/mol. The molecule has 0 fully saturated rings. The van der Waals surface area contributed by atoms with Gasteiger partial charge in [-0.3, -0.25) is 4.79 Å². The summed E-state index contributed by atoms with van der Waals surface area (Å²) in [6.07, 6.45) is 4.96. The highest BCUT2D eigenvalue weighted by Crippen LogP contribution is 2.25. The summed E-state index contributed by atoms with van der Waals surface area (Å²) in [4.78, 5) is 10.6. The summed E-state index contributed by atoms with van der Waals surface area (Å²) in [5.41, 5.74) is 3.51. The van der Waals surface area contributed by atoms with Gasteiger partial charge in [-0.25, -0.2) is 0 Å². The molecule has 0 amide bonds. The van der Waals surface area contributed by atoms with Crippen LogP contribution < -0.4 is 4.74 Å². The molecule has 0 radical (unpaired) electrons. The van der Waals surface area contributed by atoms with Gasteiger partial charge in [0.05, 0.1) is 6.61 Å². The zero-order valence-corrected chi connectivity index (χ0v) is 12.8. The van der Waals surface area contributed by atoms with E-state index in [4.69, 9.17) is 9.84 Å². The van der Waals surface area contributed by atoms with Gasteiger partial charge in [0.25, 0.3) is 0 Å². The Bertz CT molecular complexity index is 489. The molecule has 0 heterocycles. The lowest BCUT2D eigenvalue weighted by Gasteiger charge is -2.14. The van der Waals surface area contributed by atoms with Crippen molar-refractivity contribution in [1.82, 2.24) is 0 Å². The van der Waals surface area contributed by atoms with Gasteiger partial charge in [0, 0.05) is 12.0 Å². The van der Waals surface area contributed by atoms with Gasteiger partial charge in [0.15, 0.2) is 0 Å². The van der Waals surface area contributed by atoms with Gasteiger partial charge in [-0.05, 0) is 56.4 Å². The van der Waals surface area contributed by atoms with E-state index in [2.05, 4.69) is 19.9 Å². The number of aliphatic carboxylic acids is 1. The fourth-order valence-corrected chi connectivity index (χ4v) is 2.02. The zero-order valence-electron chi connectivity index (χ0n) is 12.8. The first-order valence-electron chi connectivity index (χ1n) is 7.02. The van der Waals surface area contributed by atoms with Crippen LogP contribution in [-0.4, -0.2) is 17.7 Å². The van der Waals surface area contributed by atoms with Crippen LogP contribution in [-0.2, 0) is 4.79 Å². The van der Waals surface area contributed by atoms with Gasteiger partial charge in [-0.2, -0.15) is 0 Å². The molecule has 110 valence electrons. The quantitative estimate of drug-likeness (QED) is 0.811. The lowest BCUT2D eigenvalue weighted by atomic mass is 10.0. The van der Waals surface area contributed by atoms with Crippen LogP contribution >= 0.6 is 0 Å². The van der Waals surface area contributed by atoms with E-state index in [-0.39, 0.29) is 12.3 Å². The molecule has 0 aliphatic rings. The van der Waals surface area contributed by atoms with Gasteiger partial charge < -0.3 is 9.84 Å². The van der Waals surface area contributed by atoms with Crippen LogP contribution in [0.15, 0.2) is 18.2 Å². The molecule has 0 saturated heterocycles. The Labute approximate surface area is 121 Å². The number of allylic oxidation sites excluding steroid dienone is 1. The van der Waals surface area contributed by atoms with Crippen LogP contribution in [0, 0.1) is 19.8 Å². The molecule has 1 rings (SSSR count). The minimum Gasteiger partial charge on any atom is -0.493 e. The average Bonchev–Trinajstić information content (AvgIpc) is 2.34. The molecule has 3 nitrogen and oxygen atoms in total. The van der Waals surface area contributed by atoms with Gasteiger partial charge in [0.2, 0.25) is 0 Å². The van der Waals surface area contributed by atoms with E-state index in [9.17, 15) is 4.79 Å². The summed E-state index contributed by atoms with van der Waals surface area (Å²) in [5.74, 6) is 0.247. The van der Waals surface area contributed by atoms with Gasteiger partial charge in [0.1, 0.15) is 5.75 Å². The molecule has 0 spiro atoms. The Kier molecular flexibility index (Phi) is 6.29. The van der Waals surface area contributed by atoms with Crippen molar-refractivity contribution in [3.05, 3.63) is 34.9 Å². The minimum absolute atomic E-state index is 0.129. The zero-order chi connectivity index (χ0) is 15.1. The van der Waals surface area contributed by atoms with Crippen molar-refractivity contribution in [2.45, 2.75) is 40.5 Å². The number of carboxylic acids is 1. The highest BCUT2D eigenvalue weighted by molar-refractivity contribution is 5.66. The fourth-order valence-electron chi connectivity index (χ4n) is 2.02. The number of rotatable bonds is 7. The van der Waals surface area contributed by atoms with E-state index < -0.39 is 5.97 Å². The lowest BCUT2D eigenvalue weighted by Crippen LogP contribution is -2.09. The fraction of sp³-hybridized carbons (Fsp3) is 0.471. The van der Waals surface area contributed by atoms with Crippen molar-refractivity contribution >= 4 is 12.0 Å². The summed E-state index contributed by atoms with van der Waals surface area (Å²) < 4.78 is 5.83. The third-order valence-electron chi connectivity index (χ3n) is 3.36. The first-order valence-corrected chi connectivity index (χ1v) is 7.02. The van der Waals surface area contributed by atoms with Crippen molar-refractivity contribution in [1.29, 1.82) is 0 Å². The normalized spacial score (nSPS) is 12.6. The van der Waals surface area contributed by atoms with E-state index in [1.807, 2.05) is 32.1 Å². The molecule has 1 atom stereocenters. The number of benzene rings is 1. The third kappa shape index (κ3) is 5.08. The molecule has 1 N–H and O–H groups in total. The molecular weight excluding hydrogens is 252 g/mol. The van der Waals surface area contributed by atoms with Gasteiger partial charge in [-0.1, -0.05) is 19.1 Å². The second-order valence-corrected chi connectivity index (χ2v) is 5.31. The summed E-state index contributed by atoms with van der Waals surface area (Å²) in [5, 5.41) is 8.73. The molecule has 0 aliphatic carbocycles. The van der Waals surface area contributed by atoms with Crippen LogP contribution in [0.1, 0.15) is 43.4 Å². The van der Waals surface area contributed by atoms with E-state index >= 15 is 0 Å². The Morgan fingerprint density at radius 2 is 2.00 bits per heavy atom. The lowest BCUT2D eigenvalue weighted by molar-refractivity contribution is -0.138. The average molecular weight is 276 g/mol. The second-order valence-electron chi connectivity index (χ2n) is 5.31. The maximum Gasteiger partial charge on any atom is 0.303 e. The highest BCUT2D eigenvalue weighted by Gasteiger charge is 2.09. The topological polar surface area (TPSA) is 46.5 Å². The van der Waals surface area contributed by atoms with Crippen molar-refractivity contribution in [2.24, 2.45) is 5.92 Å². The number of carbonyl (C=O) groups is 1. The molecular formula is C17H24O3. The molecule has 0 bridgehead atoms. The smallest absolute Gasteiger partial charge is 0.303 e. The Balaban J connectivity index is 2.67. The van der Waals surface area contributed by atoms with E-state index in [0.717, 1.165) is 17.7 Å². The number of hydrogen-bond acceptors (Lipinski definition) is 2. The molecule has 20 heavy (non-hydrogen) atoms. The van der Waals surface area contributed by atoms with Crippen LogP contribution in [0.3, 0.4) is 0 Å². The summed E-state index contributed by atoms with van der Waals surface area (Å²) in [7, 11) is 0. The molecule has 0 aliphatic heterocycles. The molecule has 1 aromatic rings. The molecule has 1 unspecified atom stereocenters. The largest absolute Gasteiger partial charge is 0.493 e. The molecule has 3 heteroatoms. The molecule has 0 saturated carbocycles. The SMILES string of the molecule is C/C=C/c1cc(C)c(C)cc1OCCC(C)CC(=O)O. The Morgan fingerprint density at radius 3 is 2.60 bits per heavy atom. The molecule has 1 aromatic carbocycles. The third-order valence-corrected chi connectivity index (χ3v) is 3.36.